The van der Waals surface area contributed by atoms with Gasteiger partial charge in [-0.15, -0.1) is 0 Å². The molecule has 4 rings (SSSR count). The van der Waals surface area contributed by atoms with Crippen LogP contribution in [0.3, 0.4) is 0 Å². The van der Waals surface area contributed by atoms with Gasteiger partial charge in [-0.1, -0.05) is 43.9 Å². The molecule has 30 heavy (non-hydrogen) atoms. The highest BCUT2D eigenvalue weighted by Crippen LogP contribution is 2.25. The molecule has 154 valence electrons. The summed E-state index contributed by atoms with van der Waals surface area (Å²) in [4.78, 5) is 21.0. The Bertz CT molecular complexity index is 1020. The predicted molar refractivity (Wildman–Crippen MR) is 113 cm³/mol. The second kappa shape index (κ2) is 9.48. The van der Waals surface area contributed by atoms with Crippen molar-refractivity contribution < 1.29 is 13.9 Å². The Kier molecular flexibility index (Phi) is 6.32. The monoisotopic (exact) mass is 405 g/mol. The number of benzene rings is 2. The lowest BCUT2D eigenvalue weighted by Crippen LogP contribution is -2.34. The first kappa shape index (κ1) is 20.0. The van der Waals surface area contributed by atoms with Gasteiger partial charge in [0.2, 0.25) is 5.88 Å². The Morgan fingerprint density at radius 2 is 1.77 bits per heavy atom. The van der Waals surface area contributed by atoms with Crippen LogP contribution in [-0.2, 0) is 0 Å². The van der Waals surface area contributed by atoms with Crippen LogP contribution < -0.4 is 10.1 Å². The van der Waals surface area contributed by atoms with Gasteiger partial charge in [0, 0.05) is 23.2 Å². The molecular formula is C24H24FN3O2. The van der Waals surface area contributed by atoms with Gasteiger partial charge in [0.25, 0.3) is 5.91 Å². The molecule has 2 aromatic carbocycles. The van der Waals surface area contributed by atoms with Gasteiger partial charge >= 0.3 is 0 Å². The number of aromatic nitrogens is 2. The smallest absolute Gasteiger partial charge is 0.251 e. The van der Waals surface area contributed by atoms with E-state index in [1.54, 1.807) is 42.5 Å². The molecule has 0 bridgehead atoms. The summed E-state index contributed by atoms with van der Waals surface area (Å²) in [5, 5.41) is 3.15. The van der Waals surface area contributed by atoms with Gasteiger partial charge in [-0.05, 0) is 43.2 Å². The maximum atomic E-state index is 13.5. The van der Waals surface area contributed by atoms with E-state index in [0.717, 1.165) is 25.7 Å². The molecule has 1 fully saturated rings. The number of halogens is 1. The van der Waals surface area contributed by atoms with E-state index in [4.69, 9.17) is 4.74 Å². The molecule has 1 aliphatic rings. The number of ether oxygens (including phenoxy) is 1. The van der Waals surface area contributed by atoms with Crippen molar-refractivity contribution in [1.29, 1.82) is 0 Å². The third-order valence-electron chi connectivity index (χ3n) is 5.27. The first-order chi connectivity index (χ1) is 14.7. The quantitative estimate of drug-likeness (QED) is 0.567. The van der Waals surface area contributed by atoms with Crippen molar-refractivity contribution in [2.45, 2.75) is 44.6 Å². The number of carbonyl (C=O) groups excluding carboxylic acids is 1. The Morgan fingerprint density at radius 1 is 0.967 bits per heavy atom. The normalized spacial score (nSPS) is 14.7. The fraction of sp³-hybridized carbons (Fsp3) is 0.292. The molecular weight excluding hydrogens is 381 g/mol. The Hall–Kier alpha value is -3.28. The van der Waals surface area contributed by atoms with Crippen LogP contribution >= 0.6 is 0 Å². The summed E-state index contributed by atoms with van der Waals surface area (Å²) in [7, 11) is 0. The Morgan fingerprint density at radius 3 is 2.57 bits per heavy atom. The van der Waals surface area contributed by atoms with Crippen LogP contribution in [0, 0.1) is 5.82 Å². The lowest BCUT2D eigenvalue weighted by molar-refractivity contribution is 0.0933. The van der Waals surface area contributed by atoms with Gasteiger partial charge < -0.3 is 10.1 Å². The van der Waals surface area contributed by atoms with Crippen LogP contribution in [0.5, 0.6) is 11.6 Å². The zero-order valence-corrected chi connectivity index (χ0v) is 16.7. The van der Waals surface area contributed by atoms with Gasteiger partial charge in [-0.25, -0.2) is 14.4 Å². The van der Waals surface area contributed by atoms with Crippen LogP contribution in [0.15, 0.2) is 60.9 Å². The maximum absolute atomic E-state index is 13.5. The number of carbonyl (C=O) groups is 1. The van der Waals surface area contributed by atoms with Crippen molar-refractivity contribution in [3.8, 4) is 22.9 Å². The number of rotatable bonds is 5. The van der Waals surface area contributed by atoms with Crippen molar-refractivity contribution in [3.05, 3.63) is 72.3 Å². The van der Waals surface area contributed by atoms with Gasteiger partial charge in [0.05, 0.1) is 5.69 Å². The summed E-state index contributed by atoms with van der Waals surface area (Å²) in [5.74, 6) is 0.412. The first-order valence-corrected chi connectivity index (χ1v) is 10.3. The summed E-state index contributed by atoms with van der Waals surface area (Å²) in [6.45, 7) is 0. The van der Waals surface area contributed by atoms with E-state index in [1.807, 2.05) is 0 Å². The second-order valence-electron chi connectivity index (χ2n) is 7.54. The van der Waals surface area contributed by atoms with Gasteiger partial charge in [-0.2, -0.15) is 0 Å². The Balaban J connectivity index is 1.46. The molecule has 0 aliphatic heterocycles. The second-order valence-corrected chi connectivity index (χ2v) is 7.54. The molecule has 1 saturated carbocycles. The molecule has 1 N–H and O–H groups in total. The van der Waals surface area contributed by atoms with E-state index in [0.29, 0.717) is 28.5 Å². The van der Waals surface area contributed by atoms with Crippen LogP contribution in [0.4, 0.5) is 4.39 Å². The summed E-state index contributed by atoms with van der Waals surface area (Å²) >= 11 is 0. The highest BCUT2D eigenvalue weighted by atomic mass is 19.1. The van der Waals surface area contributed by atoms with E-state index in [9.17, 15) is 9.18 Å². The minimum absolute atomic E-state index is 0.0875. The number of nitrogens with one attached hydrogen (secondary N) is 1. The lowest BCUT2D eigenvalue weighted by atomic mass is 10.1. The maximum Gasteiger partial charge on any atom is 0.251 e. The molecule has 0 spiro atoms. The molecule has 1 heterocycles. The van der Waals surface area contributed by atoms with Crippen LogP contribution in [0.1, 0.15) is 48.9 Å². The van der Waals surface area contributed by atoms with Gasteiger partial charge in [-0.3, -0.25) is 4.79 Å². The van der Waals surface area contributed by atoms with Crippen molar-refractivity contribution in [2.24, 2.45) is 0 Å². The number of hydrogen-bond donors (Lipinski definition) is 1. The van der Waals surface area contributed by atoms with Gasteiger partial charge in [0.1, 0.15) is 17.9 Å². The molecule has 1 amide bonds. The molecule has 0 saturated heterocycles. The molecule has 3 aromatic rings. The third-order valence-corrected chi connectivity index (χ3v) is 5.27. The molecule has 0 unspecified atom stereocenters. The number of hydrogen-bond acceptors (Lipinski definition) is 4. The topological polar surface area (TPSA) is 64.1 Å². The van der Waals surface area contributed by atoms with E-state index in [2.05, 4.69) is 15.3 Å². The number of amides is 1. The Labute approximate surface area is 175 Å². The molecule has 0 atom stereocenters. The van der Waals surface area contributed by atoms with E-state index in [1.165, 1.54) is 31.3 Å². The van der Waals surface area contributed by atoms with Crippen molar-refractivity contribution >= 4 is 5.91 Å². The summed E-state index contributed by atoms with van der Waals surface area (Å²) in [5.41, 5.74) is 1.75. The molecule has 1 aromatic heterocycles. The summed E-state index contributed by atoms with van der Waals surface area (Å²) in [6, 6.07) is 15.1. The fourth-order valence-electron chi connectivity index (χ4n) is 3.71. The zero-order valence-electron chi connectivity index (χ0n) is 16.7. The van der Waals surface area contributed by atoms with Crippen LogP contribution in [-0.4, -0.2) is 21.9 Å². The summed E-state index contributed by atoms with van der Waals surface area (Å²) in [6.07, 6.45) is 8.25. The van der Waals surface area contributed by atoms with Crippen LogP contribution in [0.25, 0.3) is 11.3 Å². The van der Waals surface area contributed by atoms with Gasteiger partial charge in [0.15, 0.2) is 0 Å². The minimum Gasteiger partial charge on any atom is -0.439 e. The summed E-state index contributed by atoms with van der Waals surface area (Å²) < 4.78 is 19.3. The van der Waals surface area contributed by atoms with E-state index in [-0.39, 0.29) is 17.8 Å². The molecule has 0 radical (unpaired) electrons. The predicted octanol–water partition coefficient (Wildman–Crippen LogP) is 5.53. The number of nitrogens with zero attached hydrogens (tertiary/aromatic N) is 2. The largest absolute Gasteiger partial charge is 0.439 e. The third kappa shape index (κ3) is 5.20. The van der Waals surface area contributed by atoms with Crippen molar-refractivity contribution in [1.82, 2.24) is 15.3 Å². The molecule has 6 heteroatoms. The van der Waals surface area contributed by atoms with Crippen molar-refractivity contribution in [3.63, 3.8) is 0 Å². The first-order valence-electron chi connectivity index (χ1n) is 10.3. The van der Waals surface area contributed by atoms with Crippen LogP contribution in [0.2, 0.25) is 0 Å². The standard InChI is InChI=1S/C24H24FN3O2/c25-19-9-5-7-17(13-19)22-15-23(27-16-26-22)30-21-12-6-8-18(14-21)24(29)28-20-10-3-1-2-4-11-20/h5-9,12-16,20H,1-4,10-11H2,(H,28,29). The minimum atomic E-state index is -0.332. The average Bonchev–Trinajstić information content (AvgIpc) is 3.03. The molecule has 1 aliphatic carbocycles. The average molecular weight is 405 g/mol. The highest BCUT2D eigenvalue weighted by Gasteiger charge is 2.16. The van der Waals surface area contributed by atoms with E-state index < -0.39 is 0 Å². The van der Waals surface area contributed by atoms with Crippen molar-refractivity contribution in [2.75, 3.05) is 0 Å². The fourth-order valence-corrected chi connectivity index (χ4v) is 3.71. The molecule has 5 nitrogen and oxygen atoms in total. The highest BCUT2D eigenvalue weighted by molar-refractivity contribution is 5.94. The lowest BCUT2D eigenvalue weighted by Gasteiger charge is -2.16. The SMILES string of the molecule is O=C(NC1CCCCCC1)c1cccc(Oc2cc(-c3cccc(F)c3)ncn2)c1. The van der Waals surface area contributed by atoms with E-state index >= 15 is 0 Å². The zero-order chi connectivity index (χ0) is 20.8.